The lowest BCUT2D eigenvalue weighted by molar-refractivity contribution is -0.137. The number of carbonyl (C=O) groups is 2. The summed E-state index contributed by atoms with van der Waals surface area (Å²) >= 11 is 3.68. The second-order valence-electron chi connectivity index (χ2n) is 14.8. The summed E-state index contributed by atoms with van der Waals surface area (Å²) in [5.74, 6) is 0.106. The summed E-state index contributed by atoms with van der Waals surface area (Å²) in [6.45, 7) is 6.10. The Labute approximate surface area is 300 Å². The number of rotatable bonds is 7. The normalized spacial score (nSPS) is 18.7. The van der Waals surface area contributed by atoms with Crippen LogP contribution in [0.25, 0.3) is 16.5 Å². The summed E-state index contributed by atoms with van der Waals surface area (Å²) in [5, 5.41) is 9.70. The highest BCUT2D eigenvalue weighted by Gasteiger charge is 2.54. The highest BCUT2D eigenvalue weighted by molar-refractivity contribution is 9.10. The smallest absolute Gasteiger partial charge is 0.407 e. The Bertz CT molecular complexity index is 2090. The number of hydrogen-bond acceptors (Lipinski definition) is 7. The Balaban J connectivity index is 1.17. The number of carbonyl (C=O) groups excluding carboxylic acids is 2. The molecule has 2 amide bonds. The molecule has 4 aliphatic rings. The molecule has 3 aliphatic carbocycles. The third kappa shape index (κ3) is 6.19. The lowest BCUT2D eigenvalue weighted by atomic mass is 9.86. The number of allylic oxidation sites excluding steroid dienone is 1. The average Bonchev–Trinajstić information content (AvgIpc) is 4.05. The van der Waals surface area contributed by atoms with Crippen molar-refractivity contribution in [2.24, 2.45) is 5.10 Å². The monoisotopic (exact) mass is 732 g/mol. The van der Waals surface area contributed by atoms with Gasteiger partial charge < -0.3 is 15.0 Å². The van der Waals surface area contributed by atoms with E-state index in [1.165, 1.54) is 11.1 Å². The maximum Gasteiger partial charge on any atom is 0.407 e. The number of pyridine rings is 2. The van der Waals surface area contributed by atoms with Gasteiger partial charge in [-0.3, -0.25) is 20.2 Å². The summed E-state index contributed by atoms with van der Waals surface area (Å²) < 4.78 is 6.43. The van der Waals surface area contributed by atoms with E-state index in [0.717, 1.165) is 94.0 Å². The van der Waals surface area contributed by atoms with E-state index in [9.17, 15) is 4.79 Å². The summed E-state index contributed by atoms with van der Waals surface area (Å²) in [6.07, 6.45) is 9.58. The van der Waals surface area contributed by atoms with Crippen LogP contribution in [0.5, 0.6) is 0 Å². The van der Waals surface area contributed by atoms with Crippen molar-refractivity contribution in [3.63, 3.8) is 0 Å². The predicted octanol–water partition coefficient (Wildman–Crippen LogP) is 7.87. The molecular formula is C40H41BrN6O3. The minimum absolute atomic E-state index is 0.106. The van der Waals surface area contributed by atoms with Crippen LogP contribution in [0.4, 0.5) is 4.79 Å². The largest absolute Gasteiger partial charge is 0.444 e. The summed E-state index contributed by atoms with van der Waals surface area (Å²) in [7, 11) is 0. The van der Waals surface area contributed by atoms with Gasteiger partial charge in [0.2, 0.25) is 5.91 Å². The Kier molecular flexibility index (Phi) is 8.25. The Morgan fingerprint density at radius 1 is 1.02 bits per heavy atom. The second kappa shape index (κ2) is 12.6. The maximum atomic E-state index is 15.3. The molecule has 256 valence electrons. The van der Waals surface area contributed by atoms with Gasteiger partial charge in [0.15, 0.2) is 0 Å². The molecular weight excluding hydrogens is 692 g/mol. The van der Waals surface area contributed by atoms with Gasteiger partial charge in [0.1, 0.15) is 5.60 Å². The van der Waals surface area contributed by atoms with Gasteiger partial charge in [0.25, 0.3) is 0 Å². The first kappa shape index (κ1) is 32.6. The van der Waals surface area contributed by atoms with Crippen LogP contribution < -0.4 is 10.7 Å². The van der Waals surface area contributed by atoms with Crippen molar-refractivity contribution in [2.45, 2.75) is 89.3 Å². The number of aryl methyl sites for hydroxylation is 1. The molecule has 2 N–H and O–H groups in total. The van der Waals surface area contributed by atoms with Gasteiger partial charge in [-0.25, -0.2) is 4.79 Å². The van der Waals surface area contributed by atoms with Gasteiger partial charge in [-0.1, -0.05) is 42.5 Å². The summed E-state index contributed by atoms with van der Waals surface area (Å²) in [5.41, 5.74) is 11.1. The van der Waals surface area contributed by atoms with Crippen LogP contribution in [0.2, 0.25) is 0 Å². The standard InChI is InChI=1S/C40H41BrN6O3/c1-39(2,3)50-38(49)44-22-32-30-20-26(15-16-29(30)35(46-45-32)25-13-14-25)40(17-18-40)37(48)47(34-12-6-8-24-9-7-19-42-36(24)34)23-33-28-11-5-4-10-27(28)31(41)21-43-33/h4-5,7,9-11,15-16,19-21,34,46H,6,8,12-14,17-18,22-23H2,1-3H3,(H,44,49). The lowest BCUT2D eigenvalue weighted by Crippen LogP contribution is -2.43. The molecule has 2 saturated carbocycles. The number of halogens is 1. The molecule has 0 saturated heterocycles. The summed E-state index contributed by atoms with van der Waals surface area (Å²) in [6, 6.07) is 18.6. The van der Waals surface area contributed by atoms with E-state index in [-0.39, 0.29) is 18.5 Å². The van der Waals surface area contributed by atoms with Crippen LogP contribution in [0, 0.1) is 0 Å². The van der Waals surface area contributed by atoms with Crippen molar-refractivity contribution in [3.05, 3.63) is 111 Å². The zero-order chi connectivity index (χ0) is 34.6. The molecule has 2 aromatic carbocycles. The van der Waals surface area contributed by atoms with Gasteiger partial charge >= 0.3 is 6.09 Å². The number of ether oxygens (including phenoxy) is 1. The van der Waals surface area contributed by atoms with Crippen LogP contribution in [-0.4, -0.2) is 44.7 Å². The minimum atomic E-state index is -0.673. The fraction of sp³-hybridized carbons (Fsp3) is 0.375. The molecule has 9 nitrogen and oxygen atoms in total. The molecule has 50 heavy (non-hydrogen) atoms. The van der Waals surface area contributed by atoms with Crippen molar-refractivity contribution >= 4 is 50.1 Å². The fourth-order valence-corrected chi connectivity index (χ4v) is 7.92. The number of amides is 2. The van der Waals surface area contributed by atoms with Crippen LogP contribution in [-0.2, 0) is 27.9 Å². The maximum absolute atomic E-state index is 15.3. The van der Waals surface area contributed by atoms with Crippen LogP contribution in [0.3, 0.4) is 0 Å². The van der Waals surface area contributed by atoms with Crippen molar-refractivity contribution < 1.29 is 14.3 Å². The van der Waals surface area contributed by atoms with E-state index >= 15 is 4.79 Å². The number of nitrogens with zero attached hydrogens (tertiary/aromatic N) is 4. The van der Waals surface area contributed by atoms with Gasteiger partial charge in [-0.2, -0.15) is 5.10 Å². The van der Waals surface area contributed by atoms with E-state index < -0.39 is 17.1 Å². The van der Waals surface area contributed by atoms with E-state index in [4.69, 9.17) is 19.8 Å². The van der Waals surface area contributed by atoms with Crippen molar-refractivity contribution in [2.75, 3.05) is 6.54 Å². The molecule has 1 unspecified atom stereocenters. The van der Waals surface area contributed by atoms with Gasteiger partial charge in [-0.05, 0) is 116 Å². The molecule has 1 aliphatic heterocycles. The Hall–Kier alpha value is -4.57. The first-order valence-corrected chi connectivity index (χ1v) is 18.3. The van der Waals surface area contributed by atoms with Gasteiger partial charge in [0.05, 0.1) is 47.3 Å². The fourth-order valence-electron chi connectivity index (χ4n) is 7.47. The predicted molar refractivity (Wildman–Crippen MR) is 197 cm³/mol. The number of hydrogen-bond donors (Lipinski definition) is 2. The zero-order valence-electron chi connectivity index (χ0n) is 28.7. The van der Waals surface area contributed by atoms with Crippen molar-refractivity contribution in [3.8, 4) is 0 Å². The van der Waals surface area contributed by atoms with E-state index in [2.05, 4.69) is 68.0 Å². The molecule has 0 bridgehead atoms. The number of alkyl carbamates (subject to hydrolysis) is 1. The molecule has 0 radical (unpaired) electrons. The van der Waals surface area contributed by atoms with Gasteiger partial charge in [0, 0.05) is 33.4 Å². The highest BCUT2D eigenvalue weighted by atomic mass is 79.9. The Morgan fingerprint density at radius 2 is 1.82 bits per heavy atom. The quantitative estimate of drug-likeness (QED) is 0.200. The van der Waals surface area contributed by atoms with Crippen LogP contribution in [0.15, 0.2) is 82.1 Å². The number of aromatic nitrogens is 2. The van der Waals surface area contributed by atoms with E-state index in [1.54, 1.807) is 0 Å². The topological polar surface area (TPSA) is 109 Å². The molecule has 2 aromatic heterocycles. The molecule has 8 rings (SSSR count). The lowest BCUT2D eigenvalue weighted by Gasteiger charge is -2.37. The first-order chi connectivity index (χ1) is 24.1. The van der Waals surface area contributed by atoms with Crippen LogP contribution >= 0.6 is 15.9 Å². The van der Waals surface area contributed by atoms with Crippen molar-refractivity contribution in [1.29, 1.82) is 0 Å². The SMILES string of the molecule is CC(C)(C)OC(=O)NCC1=NNC(=C2CC2)c2ccc(C3(C(=O)N(Cc4ncc(Br)c5ccccc45)C4CCCc5cccnc54)CC3)cc21. The van der Waals surface area contributed by atoms with Gasteiger partial charge in [-0.15, -0.1) is 0 Å². The molecule has 2 fully saturated rings. The van der Waals surface area contributed by atoms with Crippen LogP contribution in [0.1, 0.15) is 99.0 Å². The number of hydrazone groups is 1. The molecule has 4 aromatic rings. The number of fused-ring (bicyclic) bond motifs is 3. The molecule has 3 heterocycles. The van der Waals surface area contributed by atoms with E-state index in [0.29, 0.717) is 12.3 Å². The third-order valence-electron chi connectivity index (χ3n) is 10.2. The second-order valence-corrected chi connectivity index (χ2v) is 15.7. The zero-order valence-corrected chi connectivity index (χ0v) is 30.3. The number of benzene rings is 2. The van der Waals surface area contributed by atoms with Crippen molar-refractivity contribution in [1.82, 2.24) is 25.6 Å². The third-order valence-corrected chi connectivity index (χ3v) is 10.9. The Morgan fingerprint density at radius 3 is 2.58 bits per heavy atom. The molecule has 1 atom stereocenters. The molecule has 0 spiro atoms. The summed E-state index contributed by atoms with van der Waals surface area (Å²) in [4.78, 5) is 39.7. The highest BCUT2D eigenvalue weighted by Crippen LogP contribution is 2.52. The first-order valence-electron chi connectivity index (χ1n) is 17.5. The van der Waals surface area contributed by atoms with E-state index in [1.807, 2.05) is 51.4 Å². The minimum Gasteiger partial charge on any atom is -0.444 e. The number of nitrogens with one attached hydrogen (secondary N) is 2. The average molecular weight is 734 g/mol. The molecule has 10 heteroatoms.